The Morgan fingerprint density at radius 2 is 1.68 bits per heavy atom. The summed E-state index contributed by atoms with van der Waals surface area (Å²) in [5, 5.41) is 3.05. The summed E-state index contributed by atoms with van der Waals surface area (Å²) in [5.41, 5.74) is 0.729. The lowest BCUT2D eigenvalue weighted by molar-refractivity contribution is -0.137. The van der Waals surface area contributed by atoms with E-state index in [9.17, 15) is 9.59 Å². The van der Waals surface area contributed by atoms with Crippen LogP contribution in [0.5, 0.6) is 11.5 Å². The molecule has 0 radical (unpaired) electrons. The smallest absolute Gasteiger partial charge is 0.322 e. The molecule has 6 rings (SSSR count). The molecule has 1 N–H and O–H groups in total. The predicted molar refractivity (Wildman–Crippen MR) is 101 cm³/mol. The van der Waals surface area contributed by atoms with Crippen molar-refractivity contribution in [3.05, 3.63) is 18.2 Å². The van der Waals surface area contributed by atoms with E-state index in [4.69, 9.17) is 9.47 Å². The van der Waals surface area contributed by atoms with Gasteiger partial charge >= 0.3 is 6.03 Å². The lowest BCUT2D eigenvalue weighted by atomic mass is 9.82. The zero-order valence-electron chi connectivity index (χ0n) is 15.8. The first-order valence-corrected chi connectivity index (χ1v) is 10.5. The third-order valence-corrected chi connectivity index (χ3v) is 7.50. The Labute approximate surface area is 163 Å². The van der Waals surface area contributed by atoms with Gasteiger partial charge in [-0.25, -0.2) is 4.79 Å². The maximum Gasteiger partial charge on any atom is 0.322 e. The minimum Gasteiger partial charge on any atom is -0.454 e. The van der Waals surface area contributed by atoms with Gasteiger partial charge in [0, 0.05) is 54.7 Å². The first-order chi connectivity index (χ1) is 13.7. The Hall–Kier alpha value is -2.44. The number of fused-ring (bicyclic) bond motifs is 6. The fourth-order valence-electron chi connectivity index (χ4n) is 5.93. The number of amides is 3. The summed E-state index contributed by atoms with van der Waals surface area (Å²) in [6.45, 7) is 1.88. The average molecular weight is 383 g/mol. The van der Waals surface area contributed by atoms with Crippen LogP contribution in [-0.2, 0) is 4.79 Å². The summed E-state index contributed by atoms with van der Waals surface area (Å²) >= 11 is 0. The normalized spacial score (nSPS) is 32.4. The standard InChI is InChI=1S/C21H25N3O4/c25-20(12-2-1-3-12)23-9-14-15(10-23)17-6-5-16(14)24(17)21(26)22-13-4-7-18-19(8-13)28-11-27-18/h4,7-8,12,14-17H,1-3,5-6,9-11H2,(H,22,26)/t14-,15+,16-,17+. The van der Waals surface area contributed by atoms with E-state index in [0.29, 0.717) is 29.2 Å². The molecule has 1 saturated carbocycles. The molecular formula is C21H25N3O4. The summed E-state index contributed by atoms with van der Waals surface area (Å²) < 4.78 is 10.7. The Bertz CT molecular complexity index is 819. The molecule has 5 aliphatic rings. The lowest BCUT2D eigenvalue weighted by Crippen LogP contribution is -2.44. The molecule has 148 valence electrons. The van der Waals surface area contributed by atoms with E-state index in [1.54, 1.807) is 0 Å². The van der Waals surface area contributed by atoms with Crippen molar-refractivity contribution in [2.24, 2.45) is 17.8 Å². The highest BCUT2D eigenvalue weighted by atomic mass is 16.7. The monoisotopic (exact) mass is 383 g/mol. The second-order valence-electron chi connectivity index (χ2n) is 8.82. The second-order valence-corrected chi connectivity index (χ2v) is 8.82. The van der Waals surface area contributed by atoms with Gasteiger partial charge in [-0.3, -0.25) is 4.79 Å². The van der Waals surface area contributed by atoms with Crippen LogP contribution in [0.2, 0.25) is 0 Å². The van der Waals surface area contributed by atoms with Gasteiger partial charge in [0.1, 0.15) is 0 Å². The molecule has 2 bridgehead atoms. The van der Waals surface area contributed by atoms with E-state index >= 15 is 0 Å². The van der Waals surface area contributed by atoms with E-state index in [0.717, 1.165) is 44.5 Å². The van der Waals surface area contributed by atoms with Gasteiger partial charge in [-0.2, -0.15) is 0 Å². The Balaban J connectivity index is 1.15. The third-order valence-electron chi connectivity index (χ3n) is 7.50. The van der Waals surface area contributed by atoms with Crippen LogP contribution in [0.25, 0.3) is 0 Å². The topological polar surface area (TPSA) is 71.1 Å². The molecule has 28 heavy (non-hydrogen) atoms. The van der Waals surface area contributed by atoms with Gasteiger partial charge in [0.25, 0.3) is 0 Å². The largest absolute Gasteiger partial charge is 0.454 e. The van der Waals surface area contributed by atoms with Crippen LogP contribution in [0.15, 0.2) is 18.2 Å². The van der Waals surface area contributed by atoms with Gasteiger partial charge in [0.05, 0.1) is 0 Å². The molecular weight excluding hydrogens is 358 g/mol. The number of ether oxygens (including phenoxy) is 2. The fourth-order valence-corrected chi connectivity index (χ4v) is 5.93. The van der Waals surface area contributed by atoms with E-state index in [-0.39, 0.29) is 30.8 Å². The van der Waals surface area contributed by atoms with E-state index in [1.807, 2.05) is 18.2 Å². The maximum absolute atomic E-state index is 13.0. The number of carbonyl (C=O) groups is 2. The van der Waals surface area contributed by atoms with E-state index < -0.39 is 0 Å². The van der Waals surface area contributed by atoms with Crippen molar-refractivity contribution >= 4 is 17.6 Å². The van der Waals surface area contributed by atoms with Crippen molar-refractivity contribution in [2.45, 2.75) is 44.2 Å². The molecule has 7 heteroatoms. The molecule has 0 aromatic heterocycles. The number of hydrogen-bond acceptors (Lipinski definition) is 4. The second kappa shape index (κ2) is 6.03. The zero-order chi connectivity index (χ0) is 18.8. The van der Waals surface area contributed by atoms with Crippen molar-refractivity contribution in [3.8, 4) is 11.5 Å². The van der Waals surface area contributed by atoms with E-state index in [1.165, 1.54) is 6.42 Å². The van der Waals surface area contributed by atoms with Gasteiger partial charge in [0.2, 0.25) is 12.7 Å². The molecule has 4 atom stereocenters. The van der Waals surface area contributed by atoms with Crippen LogP contribution in [0.4, 0.5) is 10.5 Å². The summed E-state index contributed by atoms with van der Waals surface area (Å²) in [6.07, 6.45) is 5.40. The molecule has 1 aliphatic carbocycles. The van der Waals surface area contributed by atoms with Crippen LogP contribution >= 0.6 is 0 Å². The molecule has 4 fully saturated rings. The number of hydrogen-bond donors (Lipinski definition) is 1. The number of carbonyl (C=O) groups excluding carboxylic acids is 2. The highest BCUT2D eigenvalue weighted by Gasteiger charge is 2.58. The summed E-state index contributed by atoms with van der Waals surface area (Å²) in [6, 6.07) is 5.97. The highest BCUT2D eigenvalue weighted by Crippen LogP contribution is 2.50. The van der Waals surface area contributed by atoms with Crippen molar-refractivity contribution in [1.82, 2.24) is 9.80 Å². The maximum atomic E-state index is 13.0. The number of benzene rings is 1. The van der Waals surface area contributed by atoms with Crippen LogP contribution in [0.3, 0.4) is 0 Å². The third kappa shape index (κ3) is 2.34. The summed E-state index contributed by atoms with van der Waals surface area (Å²) in [4.78, 5) is 29.9. The van der Waals surface area contributed by atoms with Crippen molar-refractivity contribution in [1.29, 1.82) is 0 Å². The number of rotatable bonds is 2. The minimum absolute atomic E-state index is 0.0300. The van der Waals surface area contributed by atoms with Gasteiger partial charge in [-0.1, -0.05) is 6.42 Å². The quantitative estimate of drug-likeness (QED) is 0.852. The van der Waals surface area contributed by atoms with Gasteiger partial charge < -0.3 is 24.6 Å². The van der Waals surface area contributed by atoms with Crippen molar-refractivity contribution in [3.63, 3.8) is 0 Å². The van der Waals surface area contributed by atoms with Gasteiger partial charge in [0.15, 0.2) is 11.5 Å². The highest BCUT2D eigenvalue weighted by molar-refractivity contribution is 5.91. The number of nitrogens with one attached hydrogen (secondary N) is 1. The van der Waals surface area contributed by atoms with Crippen LogP contribution in [0, 0.1) is 17.8 Å². The van der Waals surface area contributed by atoms with Gasteiger partial charge in [-0.05, 0) is 37.8 Å². The van der Waals surface area contributed by atoms with Crippen LogP contribution < -0.4 is 14.8 Å². The molecule has 3 saturated heterocycles. The Morgan fingerprint density at radius 1 is 0.964 bits per heavy atom. The van der Waals surface area contributed by atoms with Crippen LogP contribution in [0.1, 0.15) is 32.1 Å². The number of urea groups is 1. The molecule has 1 aromatic rings. The first kappa shape index (κ1) is 16.5. The summed E-state index contributed by atoms with van der Waals surface area (Å²) in [7, 11) is 0. The molecule has 4 heterocycles. The average Bonchev–Trinajstić information content (AvgIpc) is 3.39. The minimum atomic E-state index is -0.0300. The Kier molecular flexibility index (Phi) is 3.55. The first-order valence-electron chi connectivity index (χ1n) is 10.5. The molecule has 1 aromatic carbocycles. The number of anilines is 1. The molecule has 0 unspecified atom stereocenters. The summed E-state index contributed by atoms with van der Waals surface area (Å²) in [5.74, 6) is 2.88. The van der Waals surface area contributed by atoms with Crippen molar-refractivity contribution in [2.75, 3.05) is 25.2 Å². The fraction of sp³-hybridized carbons (Fsp3) is 0.619. The van der Waals surface area contributed by atoms with Gasteiger partial charge in [-0.15, -0.1) is 0 Å². The molecule has 7 nitrogen and oxygen atoms in total. The predicted octanol–water partition coefficient (Wildman–Crippen LogP) is 2.67. The molecule has 0 spiro atoms. The number of likely N-dealkylation sites (tertiary alicyclic amines) is 1. The SMILES string of the molecule is O=C(C1CCC1)N1C[C@@H]2[C@H](C1)[C@@H]1CC[C@H]2N1C(=O)Nc1ccc2c(c1)OCO2. The molecule has 3 amide bonds. The number of nitrogens with zero attached hydrogens (tertiary/aromatic N) is 2. The molecule has 4 aliphatic heterocycles. The van der Waals surface area contributed by atoms with Crippen LogP contribution in [-0.4, -0.2) is 53.7 Å². The lowest BCUT2D eigenvalue weighted by Gasteiger charge is -2.31. The zero-order valence-corrected chi connectivity index (χ0v) is 15.8. The van der Waals surface area contributed by atoms with E-state index in [2.05, 4.69) is 15.1 Å². The Morgan fingerprint density at radius 3 is 2.36 bits per heavy atom. The van der Waals surface area contributed by atoms with Crippen molar-refractivity contribution < 1.29 is 19.1 Å².